The molecule has 224 valence electrons. The first-order valence-electron chi connectivity index (χ1n) is 14.1. The zero-order valence-electron chi connectivity index (χ0n) is 25.6. The number of hydrogen-bond acceptors (Lipinski definition) is 8. The van der Waals surface area contributed by atoms with Crippen molar-refractivity contribution in [3.05, 3.63) is 113 Å². The largest absolute Gasteiger partial charge is 0.352 e. The van der Waals surface area contributed by atoms with Crippen LogP contribution in [0.5, 0.6) is 0 Å². The second-order valence-electron chi connectivity index (χ2n) is 10.4. The SMILES string of the molecule is CC(C)c1cncc(CNCCCNC(=O)c2cccc(C=O)c2)c1.Cc1ccccc1.Cc1noc(CN(C)C)n1. The zero-order valence-corrected chi connectivity index (χ0v) is 25.6. The Labute approximate surface area is 249 Å². The summed E-state index contributed by atoms with van der Waals surface area (Å²) >= 11 is 0. The van der Waals surface area contributed by atoms with Crippen molar-refractivity contribution in [1.29, 1.82) is 0 Å². The molecule has 2 N–H and O–H groups in total. The maximum atomic E-state index is 12.0. The first-order chi connectivity index (χ1) is 20.2. The van der Waals surface area contributed by atoms with E-state index in [2.05, 4.69) is 64.7 Å². The molecule has 2 heterocycles. The number of rotatable bonds is 11. The van der Waals surface area contributed by atoms with Crippen molar-refractivity contribution < 1.29 is 14.1 Å². The van der Waals surface area contributed by atoms with Gasteiger partial charge in [0.2, 0.25) is 5.89 Å². The molecular formula is C33H44N6O3. The number of carbonyl (C=O) groups is 2. The summed E-state index contributed by atoms with van der Waals surface area (Å²) in [5, 5.41) is 9.88. The highest BCUT2D eigenvalue weighted by molar-refractivity contribution is 5.95. The van der Waals surface area contributed by atoms with Gasteiger partial charge in [-0.2, -0.15) is 4.98 Å². The van der Waals surface area contributed by atoms with E-state index in [4.69, 9.17) is 4.52 Å². The van der Waals surface area contributed by atoms with Crippen molar-refractivity contribution in [2.24, 2.45) is 0 Å². The van der Waals surface area contributed by atoms with Gasteiger partial charge in [0.05, 0.1) is 6.54 Å². The van der Waals surface area contributed by atoms with E-state index in [0.29, 0.717) is 41.8 Å². The number of carbonyl (C=O) groups excluding carboxylic acids is 2. The number of aldehydes is 1. The molecule has 0 radical (unpaired) electrons. The Morgan fingerprint density at radius 2 is 1.76 bits per heavy atom. The zero-order chi connectivity index (χ0) is 30.7. The molecule has 0 saturated heterocycles. The molecule has 0 atom stereocenters. The second-order valence-corrected chi connectivity index (χ2v) is 10.4. The third-order valence-corrected chi connectivity index (χ3v) is 5.87. The molecule has 0 fully saturated rings. The first kappa shape index (κ1) is 34.0. The molecule has 4 aromatic rings. The minimum atomic E-state index is -0.155. The van der Waals surface area contributed by atoms with E-state index in [-0.39, 0.29) is 5.91 Å². The topological polar surface area (TPSA) is 113 Å². The van der Waals surface area contributed by atoms with Gasteiger partial charge in [0.25, 0.3) is 5.91 Å². The number of benzene rings is 2. The van der Waals surface area contributed by atoms with Crippen LogP contribution in [-0.4, -0.2) is 59.4 Å². The number of nitrogens with one attached hydrogen (secondary N) is 2. The van der Waals surface area contributed by atoms with Gasteiger partial charge in [-0.25, -0.2) is 0 Å². The maximum absolute atomic E-state index is 12.0. The van der Waals surface area contributed by atoms with Gasteiger partial charge in [0.1, 0.15) is 6.29 Å². The highest BCUT2D eigenvalue weighted by atomic mass is 16.5. The number of pyridine rings is 1. The lowest BCUT2D eigenvalue weighted by Crippen LogP contribution is -2.27. The summed E-state index contributed by atoms with van der Waals surface area (Å²) < 4.78 is 4.87. The van der Waals surface area contributed by atoms with Crippen LogP contribution in [0.15, 0.2) is 77.6 Å². The van der Waals surface area contributed by atoms with Crippen molar-refractivity contribution >= 4 is 12.2 Å². The number of amides is 1. The Bertz CT molecular complexity index is 1340. The molecule has 0 aliphatic heterocycles. The molecule has 4 rings (SSSR count). The molecule has 42 heavy (non-hydrogen) atoms. The predicted molar refractivity (Wildman–Crippen MR) is 166 cm³/mol. The minimum Gasteiger partial charge on any atom is -0.352 e. The molecule has 0 spiro atoms. The smallest absolute Gasteiger partial charge is 0.251 e. The van der Waals surface area contributed by atoms with Crippen LogP contribution in [0.2, 0.25) is 0 Å². The normalized spacial score (nSPS) is 10.4. The van der Waals surface area contributed by atoms with Crippen LogP contribution >= 0.6 is 0 Å². The van der Waals surface area contributed by atoms with Gasteiger partial charge in [-0.05, 0) is 70.1 Å². The van der Waals surface area contributed by atoms with Crippen LogP contribution in [0.3, 0.4) is 0 Å². The molecule has 0 aliphatic rings. The molecule has 9 heteroatoms. The minimum absolute atomic E-state index is 0.155. The second kappa shape index (κ2) is 19.0. The van der Waals surface area contributed by atoms with E-state index in [1.807, 2.05) is 56.5 Å². The monoisotopic (exact) mass is 572 g/mol. The highest BCUT2D eigenvalue weighted by Gasteiger charge is 2.05. The third kappa shape index (κ3) is 13.9. The van der Waals surface area contributed by atoms with Gasteiger partial charge < -0.3 is 20.1 Å². The van der Waals surface area contributed by atoms with Crippen molar-refractivity contribution in [2.75, 3.05) is 27.2 Å². The average molecular weight is 573 g/mol. The van der Waals surface area contributed by atoms with Crippen molar-refractivity contribution in [3.8, 4) is 0 Å². The Balaban J connectivity index is 0.000000293. The lowest BCUT2D eigenvalue weighted by atomic mass is 10.0. The van der Waals surface area contributed by atoms with Gasteiger partial charge in [0.15, 0.2) is 5.82 Å². The third-order valence-electron chi connectivity index (χ3n) is 5.87. The summed E-state index contributed by atoms with van der Waals surface area (Å²) in [7, 11) is 3.92. The van der Waals surface area contributed by atoms with Crippen LogP contribution in [0.25, 0.3) is 0 Å². The number of aryl methyl sites for hydroxylation is 2. The molecule has 0 aliphatic carbocycles. The Kier molecular flexibility index (Phi) is 15.4. The summed E-state index contributed by atoms with van der Waals surface area (Å²) in [6.45, 7) is 11.1. The van der Waals surface area contributed by atoms with E-state index in [1.54, 1.807) is 24.3 Å². The molecule has 2 aromatic heterocycles. The predicted octanol–water partition coefficient (Wildman–Crippen LogP) is 5.36. The first-order valence-corrected chi connectivity index (χ1v) is 14.1. The molecular weight excluding hydrogens is 528 g/mol. The van der Waals surface area contributed by atoms with E-state index in [0.717, 1.165) is 25.8 Å². The fourth-order valence-corrected chi connectivity index (χ4v) is 3.63. The van der Waals surface area contributed by atoms with E-state index in [9.17, 15) is 9.59 Å². The quantitative estimate of drug-likeness (QED) is 0.182. The molecule has 2 aromatic carbocycles. The van der Waals surface area contributed by atoms with Crippen LogP contribution in [0, 0.1) is 13.8 Å². The fraction of sp³-hybridized carbons (Fsp3) is 0.364. The summed E-state index contributed by atoms with van der Waals surface area (Å²) in [6.07, 6.45) is 5.35. The van der Waals surface area contributed by atoms with Gasteiger partial charge in [-0.3, -0.25) is 14.6 Å². The van der Waals surface area contributed by atoms with Crippen molar-refractivity contribution in [2.45, 2.75) is 53.1 Å². The Morgan fingerprint density at radius 3 is 2.36 bits per heavy atom. The number of hydrogen-bond donors (Lipinski definition) is 2. The average Bonchev–Trinajstić information content (AvgIpc) is 3.39. The van der Waals surface area contributed by atoms with Gasteiger partial charge in [-0.1, -0.05) is 73.1 Å². The Morgan fingerprint density at radius 1 is 1.00 bits per heavy atom. The molecule has 0 saturated carbocycles. The van der Waals surface area contributed by atoms with Crippen LogP contribution in [-0.2, 0) is 13.1 Å². The number of aromatic nitrogens is 3. The summed E-state index contributed by atoms with van der Waals surface area (Å²) in [5.74, 6) is 1.68. The lowest BCUT2D eigenvalue weighted by Gasteiger charge is -2.09. The van der Waals surface area contributed by atoms with Crippen molar-refractivity contribution in [1.82, 2.24) is 30.7 Å². The summed E-state index contributed by atoms with van der Waals surface area (Å²) in [5.41, 5.74) is 4.74. The lowest BCUT2D eigenvalue weighted by molar-refractivity contribution is 0.0953. The summed E-state index contributed by atoms with van der Waals surface area (Å²) in [4.78, 5) is 33.0. The van der Waals surface area contributed by atoms with E-state index >= 15 is 0 Å². The van der Waals surface area contributed by atoms with E-state index in [1.165, 1.54) is 16.7 Å². The van der Waals surface area contributed by atoms with Gasteiger partial charge >= 0.3 is 0 Å². The highest BCUT2D eigenvalue weighted by Crippen LogP contribution is 2.13. The van der Waals surface area contributed by atoms with Gasteiger partial charge in [-0.15, -0.1) is 0 Å². The van der Waals surface area contributed by atoms with Crippen LogP contribution in [0.4, 0.5) is 0 Å². The Hall–Kier alpha value is -4.21. The molecule has 9 nitrogen and oxygen atoms in total. The summed E-state index contributed by atoms with van der Waals surface area (Å²) in [6, 6.07) is 19.1. The van der Waals surface area contributed by atoms with E-state index < -0.39 is 0 Å². The molecule has 1 amide bonds. The standard InChI is InChI=1S/C20H25N3O2.C7H8.C6H11N3O/c1-15(2)19-10-17(12-22-13-19)11-21-7-4-8-23-20(25)18-6-3-5-16(9-18)14-24;1-7-5-3-2-4-6-7;1-5-7-6(10-8-5)4-9(2)3/h3,5-6,9-10,12-15,21H,4,7-8,11H2,1-2H3,(H,23,25);2-6H,1H3;4H2,1-3H3. The van der Waals surface area contributed by atoms with Crippen LogP contribution in [0.1, 0.15) is 75.3 Å². The molecule has 0 bridgehead atoms. The van der Waals surface area contributed by atoms with Crippen molar-refractivity contribution in [3.63, 3.8) is 0 Å². The maximum Gasteiger partial charge on any atom is 0.251 e. The number of nitrogens with zero attached hydrogens (tertiary/aromatic N) is 4. The van der Waals surface area contributed by atoms with Crippen LogP contribution < -0.4 is 10.6 Å². The van der Waals surface area contributed by atoms with Gasteiger partial charge in [0, 0.05) is 36.6 Å². The molecule has 0 unspecified atom stereocenters. The fourth-order valence-electron chi connectivity index (χ4n) is 3.63.